The zero-order valence-electron chi connectivity index (χ0n) is 8.67. The Kier molecular flexibility index (Phi) is 2.84. The first-order valence-electron chi connectivity index (χ1n) is 4.83. The molecule has 16 heavy (non-hydrogen) atoms. The number of aromatic hydroxyl groups is 1. The van der Waals surface area contributed by atoms with E-state index in [-0.39, 0.29) is 11.6 Å². The molecule has 0 saturated carbocycles. The second-order valence-electron chi connectivity index (χ2n) is 3.60. The van der Waals surface area contributed by atoms with Crippen LogP contribution in [0.5, 0.6) is 5.75 Å². The van der Waals surface area contributed by atoms with Gasteiger partial charge in [-0.2, -0.15) is 0 Å². The highest BCUT2D eigenvalue weighted by atomic mass is 35.5. The fourth-order valence-electron chi connectivity index (χ4n) is 1.55. The van der Waals surface area contributed by atoms with Crippen molar-refractivity contribution in [2.24, 2.45) is 0 Å². The van der Waals surface area contributed by atoms with Gasteiger partial charge in [0.05, 0.1) is 0 Å². The molecule has 0 aliphatic rings. The molecule has 1 N–H and O–H groups in total. The van der Waals surface area contributed by atoms with E-state index in [0.717, 1.165) is 0 Å². The standard InChI is InChI=1S/C13H10ClFO/c1-8-6-11(14)10(7-13(8)16)9-4-2-3-5-12(9)15/h2-7,16H,1H3. The van der Waals surface area contributed by atoms with E-state index in [4.69, 9.17) is 11.6 Å². The summed E-state index contributed by atoms with van der Waals surface area (Å²) in [5.41, 5.74) is 1.57. The van der Waals surface area contributed by atoms with Crippen molar-refractivity contribution in [3.8, 4) is 16.9 Å². The van der Waals surface area contributed by atoms with Crippen molar-refractivity contribution in [2.75, 3.05) is 0 Å². The summed E-state index contributed by atoms with van der Waals surface area (Å²) >= 11 is 6.03. The minimum absolute atomic E-state index is 0.114. The normalized spacial score (nSPS) is 10.4. The Morgan fingerprint density at radius 3 is 2.50 bits per heavy atom. The van der Waals surface area contributed by atoms with Crippen molar-refractivity contribution < 1.29 is 9.50 Å². The molecule has 0 radical (unpaired) electrons. The van der Waals surface area contributed by atoms with Gasteiger partial charge in [0.2, 0.25) is 0 Å². The van der Waals surface area contributed by atoms with E-state index in [1.54, 1.807) is 31.2 Å². The van der Waals surface area contributed by atoms with Gasteiger partial charge in [0.15, 0.2) is 0 Å². The molecule has 2 rings (SSSR count). The van der Waals surface area contributed by atoms with Crippen LogP contribution in [-0.4, -0.2) is 5.11 Å². The molecule has 0 atom stereocenters. The van der Waals surface area contributed by atoms with Crippen molar-refractivity contribution in [1.29, 1.82) is 0 Å². The molecule has 0 aliphatic heterocycles. The van der Waals surface area contributed by atoms with Crippen LogP contribution in [0.1, 0.15) is 5.56 Å². The quantitative estimate of drug-likeness (QED) is 0.788. The predicted octanol–water partition coefficient (Wildman–Crippen LogP) is 4.16. The number of aryl methyl sites for hydroxylation is 1. The van der Waals surface area contributed by atoms with E-state index in [2.05, 4.69) is 0 Å². The van der Waals surface area contributed by atoms with E-state index >= 15 is 0 Å². The third kappa shape index (κ3) is 1.89. The maximum Gasteiger partial charge on any atom is 0.131 e. The molecule has 0 saturated heterocycles. The molecule has 0 amide bonds. The highest BCUT2D eigenvalue weighted by Gasteiger charge is 2.10. The number of phenolic OH excluding ortho intramolecular Hbond substituents is 1. The molecular formula is C13H10ClFO. The van der Waals surface area contributed by atoms with Gasteiger partial charge in [-0.05, 0) is 30.7 Å². The lowest BCUT2D eigenvalue weighted by atomic mass is 10.0. The minimum atomic E-state index is -0.354. The summed E-state index contributed by atoms with van der Waals surface area (Å²) in [4.78, 5) is 0. The van der Waals surface area contributed by atoms with Gasteiger partial charge in [0.25, 0.3) is 0 Å². The van der Waals surface area contributed by atoms with Crippen molar-refractivity contribution in [3.63, 3.8) is 0 Å². The monoisotopic (exact) mass is 236 g/mol. The molecule has 0 aromatic heterocycles. The van der Waals surface area contributed by atoms with Crippen molar-refractivity contribution >= 4 is 11.6 Å². The Labute approximate surface area is 98.1 Å². The molecule has 0 aliphatic carbocycles. The lowest BCUT2D eigenvalue weighted by molar-refractivity contribution is 0.471. The number of phenols is 1. The van der Waals surface area contributed by atoms with Crippen LogP contribution in [0.25, 0.3) is 11.1 Å². The van der Waals surface area contributed by atoms with Crippen LogP contribution in [0.15, 0.2) is 36.4 Å². The van der Waals surface area contributed by atoms with Crippen molar-refractivity contribution in [1.82, 2.24) is 0 Å². The summed E-state index contributed by atoms with van der Waals surface area (Å²) in [6.45, 7) is 1.74. The van der Waals surface area contributed by atoms with Crippen LogP contribution in [0, 0.1) is 12.7 Å². The van der Waals surface area contributed by atoms with Crippen LogP contribution < -0.4 is 0 Å². The Hall–Kier alpha value is -1.54. The lowest BCUT2D eigenvalue weighted by Gasteiger charge is -2.08. The van der Waals surface area contributed by atoms with Crippen molar-refractivity contribution in [2.45, 2.75) is 6.92 Å². The van der Waals surface area contributed by atoms with E-state index in [0.29, 0.717) is 21.7 Å². The van der Waals surface area contributed by atoms with E-state index in [1.165, 1.54) is 12.1 Å². The topological polar surface area (TPSA) is 20.2 Å². The molecule has 3 heteroatoms. The van der Waals surface area contributed by atoms with Gasteiger partial charge in [0.1, 0.15) is 11.6 Å². The molecule has 2 aromatic carbocycles. The second kappa shape index (κ2) is 4.14. The van der Waals surface area contributed by atoms with Crippen LogP contribution in [0.2, 0.25) is 5.02 Å². The second-order valence-corrected chi connectivity index (χ2v) is 4.01. The SMILES string of the molecule is Cc1cc(Cl)c(-c2ccccc2F)cc1O. The Morgan fingerprint density at radius 2 is 1.81 bits per heavy atom. The Morgan fingerprint density at radius 1 is 1.12 bits per heavy atom. The lowest BCUT2D eigenvalue weighted by Crippen LogP contribution is -1.86. The molecule has 0 fully saturated rings. The summed E-state index contributed by atoms with van der Waals surface area (Å²) in [6.07, 6.45) is 0. The van der Waals surface area contributed by atoms with Gasteiger partial charge >= 0.3 is 0 Å². The van der Waals surface area contributed by atoms with E-state index in [9.17, 15) is 9.50 Å². The smallest absolute Gasteiger partial charge is 0.131 e. The van der Waals surface area contributed by atoms with Crippen molar-refractivity contribution in [3.05, 3.63) is 52.8 Å². The summed E-state index contributed by atoms with van der Waals surface area (Å²) in [6, 6.07) is 9.44. The fraction of sp³-hybridized carbons (Fsp3) is 0.0769. The van der Waals surface area contributed by atoms with Gasteiger partial charge in [-0.3, -0.25) is 0 Å². The first-order valence-corrected chi connectivity index (χ1v) is 5.21. The number of halogens is 2. The minimum Gasteiger partial charge on any atom is -0.508 e. The van der Waals surface area contributed by atoms with Gasteiger partial charge in [-0.1, -0.05) is 29.8 Å². The van der Waals surface area contributed by atoms with Gasteiger partial charge in [0, 0.05) is 16.1 Å². The van der Waals surface area contributed by atoms with Gasteiger partial charge < -0.3 is 5.11 Å². The Balaban J connectivity index is 2.65. The molecule has 0 spiro atoms. The number of benzene rings is 2. The summed E-state index contributed by atoms with van der Waals surface area (Å²) in [5.74, 6) is -0.240. The van der Waals surface area contributed by atoms with Gasteiger partial charge in [-0.15, -0.1) is 0 Å². The highest BCUT2D eigenvalue weighted by Crippen LogP contribution is 2.34. The van der Waals surface area contributed by atoms with Crippen LogP contribution in [0.4, 0.5) is 4.39 Å². The van der Waals surface area contributed by atoms with Crippen LogP contribution in [0.3, 0.4) is 0 Å². The number of hydrogen-bond donors (Lipinski definition) is 1. The molecule has 0 unspecified atom stereocenters. The molecule has 1 nitrogen and oxygen atoms in total. The predicted molar refractivity (Wildman–Crippen MR) is 63.2 cm³/mol. The fourth-order valence-corrected chi connectivity index (χ4v) is 1.87. The molecule has 2 aromatic rings. The van der Waals surface area contributed by atoms with Gasteiger partial charge in [-0.25, -0.2) is 4.39 Å². The maximum atomic E-state index is 13.5. The number of hydrogen-bond acceptors (Lipinski definition) is 1. The largest absolute Gasteiger partial charge is 0.508 e. The first kappa shape index (κ1) is 11.0. The average molecular weight is 237 g/mol. The van der Waals surface area contributed by atoms with Crippen LogP contribution in [-0.2, 0) is 0 Å². The molecule has 0 bridgehead atoms. The highest BCUT2D eigenvalue weighted by molar-refractivity contribution is 6.33. The third-order valence-corrected chi connectivity index (χ3v) is 2.76. The first-order chi connectivity index (χ1) is 7.59. The summed E-state index contributed by atoms with van der Waals surface area (Å²) < 4.78 is 13.5. The zero-order valence-corrected chi connectivity index (χ0v) is 9.42. The number of rotatable bonds is 1. The molecular weight excluding hydrogens is 227 g/mol. The average Bonchev–Trinajstić information content (AvgIpc) is 2.25. The third-order valence-electron chi connectivity index (χ3n) is 2.45. The van der Waals surface area contributed by atoms with E-state index < -0.39 is 0 Å². The maximum absolute atomic E-state index is 13.5. The van der Waals surface area contributed by atoms with Crippen LogP contribution >= 0.6 is 11.6 Å². The van der Waals surface area contributed by atoms with E-state index in [1.807, 2.05) is 0 Å². The Bertz CT molecular complexity index is 537. The molecule has 82 valence electrons. The zero-order chi connectivity index (χ0) is 11.7. The summed E-state index contributed by atoms with van der Waals surface area (Å²) in [7, 11) is 0. The summed E-state index contributed by atoms with van der Waals surface area (Å²) in [5, 5.41) is 10.0. The molecule has 0 heterocycles.